The molecule has 1 aromatic heterocycles. The van der Waals surface area contributed by atoms with Crippen LogP contribution in [0.5, 0.6) is 0 Å². The lowest BCUT2D eigenvalue weighted by atomic mass is 10.00. The molecule has 0 aliphatic carbocycles. The molecule has 2 atom stereocenters. The maximum atomic E-state index is 5.97. The Hall–Kier alpha value is -0.900. The van der Waals surface area contributed by atoms with Crippen molar-refractivity contribution in [3.05, 3.63) is 11.6 Å². The van der Waals surface area contributed by atoms with Crippen molar-refractivity contribution < 1.29 is 0 Å². The van der Waals surface area contributed by atoms with Crippen molar-refractivity contribution in [2.45, 2.75) is 39.7 Å². The van der Waals surface area contributed by atoms with Gasteiger partial charge in [-0.25, -0.2) is 4.98 Å². The average molecular weight is 182 g/mol. The van der Waals surface area contributed by atoms with Crippen molar-refractivity contribution >= 4 is 0 Å². The molecule has 3 N–H and O–H groups in total. The van der Waals surface area contributed by atoms with Gasteiger partial charge in [-0.2, -0.15) is 5.10 Å². The zero-order valence-corrected chi connectivity index (χ0v) is 8.54. The second-order valence-corrected chi connectivity index (χ2v) is 3.41. The highest BCUT2D eigenvalue weighted by Crippen LogP contribution is 2.18. The average Bonchev–Trinajstić information content (AvgIpc) is 2.63. The summed E-state index contributed by atoms with van der Waals surface area (Å²) in [6.07, 6.45) is 1.93. The predicted octanol–water partition coefficient (Wildman–Crippen LogP) is 1.41. The standard InChI is InChI=1S/C9H18N4/c1-4-6(3)8(10)9-11-7(5-2)12-13-9/h6,8H,4-5,10H2,1-3H3,(H,11,12,13)/t6?,8-/m0/s1. The van der Waals surface area contributed by atoms with Gasteiger partial charge in [0.2, 0.25) is 0 Å². The number of nitrogens with zero attached hydrogens (tertiary/aromatic N) is 2. The molecular weight excluding hydrogens is 164 g/mol. The molecule has 74 valence electrons. The Morgan fingerprint density at radius 1 is 1.46 bits per heavy atom. The quantitative estimate of drug-likeness (QED) is 0.739. The molecule has 0 aliphatic rings. The van der Waals surface area contributed by atoms with E-state index in [-0.39, 0.29) is 6.04 Å². The fourth-order valence-corrected chi connectivity index (χ4v) is 1.13. The third-order valence-corrected chi connectivity index (χ3v) is 2.44. The van der Waals surface area contributed by atoms with E-state index in [0.29, 0.717) is 5.92 Å². The molecule has 4 heteroatoms. The van der Waals surface area contributed by atoms with Crippen LogP contribution in [0, 0.1) is 5.92 Å². The van der Waals surface area contributed by atoms with Gasteiger partial charge in [0.05, 0.1) is 6.04 Å². The minimum atomic E-state index is -0.0402. The molecule has 0 bridgehead atoms. The van der Waals surface area contributed by atoms with Crippen molar-refractivity contribution in [2.24, 2.45) is 11.7 Å². The number of nitrogens with two attached hydrogens (primary N) is 1. The van der Waals surface area contributed by atoms with E-state index < -0.39 is 0 Å². The van der Waals surface area contributed by atoms with Gasteiger partial charge < -0.3 is 5.73 Å². The van der Waals surface area contributed by atoms with Crippen molar-refractivity contribution in [2.75, 3.05) is 0 Å². The third-order valence-electron chi connectivity index (χ3n) is 2.44. The van der Waals surface area contributed by atoms with E-state index in [0.717, 1.165) is 24.5 Å². The third kappa shape index (κ3) is 2.28. The van der Waals surface area contributed by atoms with Gasteiger partial charge in [0.15, 0.2) is 5.82 Å². The number of aromatic amines is 1. The molecule has 0 spiro atoms. The van der Waals surface area contributed by atoms with Gasteiger partial charge >= 0.3 is 0 Å². The zero-order chi connectivity index (χ0) is 9.84. The first-order valence-electron chi connectivity index (χ1n) is 4.85. The molecule has 1 aromatic rings. The molecule has 1 heterocycles. The fraction of sp³-hybridized carbons (Fsp3) is 0.778. The summed E-state index contributed by atoms with van der Waals surface area (Å²) in [6.45, 7) is 6.28. The SMILES string of the molecule is CCc1nc([C@@H](N)C(C)CC)n[nH]1. The molecule has 0 aliphatic heterocycles. The molecule has 0 aromatic carbocycles. The number of rotatable bonds is 4. The molecule has 0 saturated carbocycles. The molecular formula is C9H18N4. The zero-order valence-electron chi connectivity index (χ0n) is 8.54. The highest BCUT2D eigenvalue weighted by Gasteiger charge is 2.17. The molecule has 0 saturated heterocycles. The largest absolute Gasteiger partial charge is 0.321 e. The highest BCUT2D eigenvalue weighted by molar-refractivity contribution is 4.96. The van der Waals surface area contributed by atoms with Crippen LogP contribution in [0.15, 0.2) is 0 Å². The van der Waals surface area contributed by atoms with E-state index in [1.807, 2.05) is 6.92 Å². The first-order valence-corrected chi connectivity index (χ1v) is 4.85. The van der Waals surface area contributed by atoms with Crippen LogP contribution in [0.1, 0.15) is 44.9 Å². The Labute approximate surface area is 78.9 Å². The lowest BCUT2D eigenvalue weighted by molar-refractivity contribution is 0.440. The summed E-state index contributed by atoms with van der Waals surface area (Å²) < 4.78 is 0. The summed E-state index contributed by atoms with van der Waals surface area (Å²) in [7, 11) is 0. The summed E-state index contributed by atoms with van der Waals surface area (Å²) in [5, 5.41) is 6.97. The predicted molar refractivity (Wildman–Crippen MR) is 52.1 cm³/mol. The first kappa shape index (κ1) is 10.2. The summed E-state index contributed by atoms with van der Waals surface area (Å²) in [4.78, 5) is 4.31. The second-order valence-electron chi connectivity index (χ2n) is 3.41. The summed E-state index contributed by atoms with van der Waals surface area (Å²) in [5.41, 5.74) is 5.97. The van der Waals surface area contributed by atoms with Crippen LogP contribution in [-0.2, 0) is 6.42 Å². The molecule has 1 unspecified atom stereocenters. The van der Waals surface area contributed by atoms with E-state index in [9.17, 15) is 0 Å². The monoisotopic (exact) mass is 182 g/mol. The van der Waals surface area contributed by atoms with Crippen molar-refractivity contribution in [1.29, 1.82) is 0 Å². The van der Waals surface area contributed by atoms with Crippen LogP contribution in [0.3, 0.4) is 0 Å². The molecule has 0 radical (unpaired) electrons. The fourth-order valence-electron chi connectivity index (χ4n) is 1.13. The van der Waals surface area contributed by atoms with Crippen LogP contribution in [0.4, 0.5) is 0 Å². The molecule has 4 nitrogen and oxygen atoms in total. The molecule has 0 fully saturated rings. The highest BCUT2D eigenvalue weighted by atomic mass is 15.2. The Kier molecular flexibility index (Phi) is 3.42. The van der Waals surface area contributed by atoms with Crippen molar-refractivity contribution in [1.82, 2.24) is 15.2 Å². The van der Waals surface area contributed by atoms with Crippen molar-refractivity contribution in [3.63, 3.8) is 0 Å². The number of aromatic nitrogens is 3. The van der Waals surface area contributed by atoms with Gasteiger partial charge in [-0.15, -0.1) is 0 Å². The Balaban J connectivity index is 2.70. The lowest BCUT2D eigenvalue weighted by Gasteiger charge is -2.13. The Bertz CT molecular complexity index is 256. The summed E-state index contributed by atoms with van der Waals surface area (Å²) in [5.74, 6) is 2.08. The first-order chi connectivity index (χ1) is 6.19. The number of H-pyrrole nitrogens is 1. The van der Waals surface area contributed by atoms with E-state index in [2.05, 4.69) is 29.0 Å². The maximum Gasteiger partial charge on any atom is 0.167 e. The van der Waals surface area contributed by atoms with Crippen LogP contribution in [-0.4, -0.2) is 15.2 Å². The number of hydrogen-bond donors (Lipinski definition) is 2. The minimum Gasteiger partial charge on any atom is -0.321 e. The number of hydrogen-bond acceptors (Lipinski definition) is 3. The van der Waals surface area contributed by atoms with E-state index >= 15 is 0 Å². The van der Waals surface area contributed by atoms with E-state index in [1.165, 1.54) is 0 Å². The topological polar surface area (TPSA) is 67.6 Å². The lowest BCUT2D eigenvalue weighted by Crippen LogP contribution is -2.19. The van der Waals surface area contributed by atoms with Gasteiger partial charge in [-0.05, 0) is 5.92 Å². The van der Waals surface area contributed by atoms with E-state index in [4.69, 9.17) is 5.73 Å². The molecule has 0 amide bonds. The molecule has 13 heavy (non-hydrogen) atoms. The van der Waals surface area contributed by atoms with E-state index in [1.54, 1.807) is 0 Å². The van der Waals surface area contributed by atoms with Gasteiger partial charge in [-0.1, -0.05) is 27.2 Å². The maximum absolute atomic E-state index is 5.97. The number of aryl methyl sites for hydroxylation is 1. The van der Waals surface area contributed by atoms with Gasteiger partial charge in [0, 0.05) is 6.42 Å². The second kappa shape index (κ2) is 4.37. The number of nitrogens with one attached hydrogen (secondary N) is 1. The van der Waals surface area contributed by atoms with Gasteiger partial charge in [0.25, 0.3) is 0 Å². The van der Waals surface area contributed by atoms with Gasteiger partial charge in [-0.3, -0.25) is 5.10 Å². The van der Waals surface area contributed by atoms with Crippen LogP contribution >= 0.6 is 0 Å². The summed E-state index contributed by atoms with van der Waals surface area (Å²) >= 11 is 0. The molecule has 1 rings (SSSR count). The van der Waals surface area contributed by atoms with Crippen LogP contribution in [0.25, 0.3) is 0 Å². The van der Waals surface area contributed by atoms with Crippen molar-refractivity contribution in [3.8, 4) is 0 Å². The Morgan fingerprint density at radius 3 is 2.62 bits per heavy atom. The minimum absolute atomic E-state index is 0.0402. The normalized spacial score (nSPS) is 15.7. The van der Waals surface area contributed by atoms with Gasteiger partial charge in [0.1, 0.15) is 5.82 Å². The van der Waals surface area contributed by atoms with Crippen LogP contribution in [0.2, 0.25) is 0 Å². The smallest absolute Gasteiger partial charge is 0.167 e. The Morgan fingerprint density at radius 2 is 2.15 bits per heavy atom. The summed E-state index contributed by atoms with van der Waals surface area (Å²) in [6, 6.07) is -0.0402. The van der Waals surface area contributed by atoms with Crippen LogP contribution < -0.4 is 5.73 Å².